The van der Waals surface area contributed by atoms with Crippen molar-refractivity contribution in [1.82, 2.24) is 19.9 Å². The lowest BCUT2D eigenvalue weighted by Gasteiger charge is -2.20. The van der Waals surface area contributed by atoms with Gasteiger partial charge in [0.25, 0.3) is 5.91 Å². The Morgan fingerprint density at radius 1 is 1.24 bits per heavy atom. The molecular weight excluding hydrogens is 314 g/mol. The zero-order valence-electron chi connectivity index (χ0n) is 14.9. The summed E-state index contributed by atoms with van der Waals surface area (Å²) < 4.78 is 0. The molecule has 1 N–H and O–H groups in total. The van der Waals surface area contributed by atoms with Crippen molar-refractivity contribution < 1.29 is 4.79 Å². The summed E-state index contributed by atoms with van der Waals surface area (Å²) >= 11 is 0. The molecule has 1 amide bonds. The van der Waals surface area contributed by atoms with E-state index < -0.39 is 0 Å². The third-order valence-electron chi connectivity index (χ3n) is 4.70. The second kappa shape index (κ2) is 8.05. The van der Waals surface area contributed by atoms with E-state index in [0.29, 0.717) is 11.6 Å². The fraction of sp³-hybridized carbons (Fsp3) is 0.474. The highest BCUT2D eigenvalue weighted by Gasteiger charge is 2.22. The fourth-order valence-electron chi connectivity index (χ4n) is 3.28. The van der Waals surface area contributed by atoms with Crippen LogP contribution in [0, 0.1) is 12.8 Å². The Morgan fingerprint density at radius 2 is 2.12 bits per heavy atom. The van der Waals surface area contributed by atoms with E-state index in [-0.39, 0.29) is 5.91 Å². The third kappa shape index (κ3) is 4.53. The van der Waals surface area contributed by atoms with Crippen molar-refractivity contribution in [1.29, 1.82) is 0 Å². The fourth-order valence-corrected chi connectivity index (χ4v) is 3.28. The van der Waals surface area contributed by atoms with Crippen LogP contribution in [0.3, 0.4) is 0 Å². The van der Waals surface area contributed by atoms with Crippen LogP contribution in [-0.4, -0.2) is 45.9 Å². The molecule has 1 fully saturated rings. The minimum absolute atomic E-state index is 0.0440. The molecule has 1 atom stereocenters. The number of pyridine rings is 1. The van der Waals surface area contributed by atoms with Gasteiger partial charge in [-0.15, -0.1) is 0 Å². The lowest BCUT2D eigenvalue weighted by atomic mass is 9.95. The van der Waals surface area contributed by atoms with Gasteiger partial charge in [-0.2, -0.15) is 0 Å². The number of nitrogens with zero attached hydrogens (tertiary/aromatic N) is 4. The molecule has 0 aliphatic carbocycles. The molecule has 0 unspecified atom stereocenters. The lowest BCUT2D eigenvalue weighted by Crippen LogP contribution is -2.32. The van der Waals surface area contributed by atoms with E-state index in [0.717, 1.165) is 56.0 Å². The zero-order valence-corrected chi connectivity index (χ0v) is 14.9. The van der Waals surface area contributed by atoms with E-state index in [9.17, 15) is 4.79 Å². The third-order valence-corrected chi connectivity index (χ3v) is 4.70. The molecule has 25 heavy (non-hydrogen) atoms. The molecule has 132 valence electrons. The van der Waals surface area contributed by atoms with Gasteiger partial charge in [0.2, 0.25) is 0 Å². The van der Waals surface area contributed by atoms with Crippen molar-refractivity contribution in [2.75, 3.05) is 25.5 Å². The number of carbonyl (C=O) groups excluding carboxylic acids is 1. The van der Waals surface area contributed by atoms with Gasteiger partial charge >= 0.3 is 0 Å². The average molecular weight is 339 g/mol. The molecule has 1 aliphatic rings. The number of amides is 1. The predicted molar refractivity (Wildman–Crippen MR) is 97.5 cm³/mol. The van der Waals surface area contributed by atoms with Crippen molar-refractivity contribution in [3.05, 3.63) is 47.7 Å². The molecule has 1 aliphatic heterocycles. The molecule has 6 nitrogen and oxygen atoms in total. The number of carbonyl (C=O) groups is 1. The first-order valence-electron chi connectivity index (χ1n) is 8.87. The summed E-state index contributed by atoms with van der Waals surface area (Å²) in [5, 5.41) is 2.98. The highest BCUT2D eigenvalue weighted by Crippen LogP contribution is 2.22. The van der Waals surface area contributed by atoms with Gasteiger partial charge in [0, 0.05) is 25.8 Å². The number of anilines is 1. The summed E-state index contributed by atoms with van der Waals surface area (Å²) in [6.07, 6.45) is 7.65. The van der Waals surface area contributed by atoms with Crippen LogP contribution in [-0.2, 0) is 6.42 Å². The maximum absolute atomic E-state index is 12.7. The molecule has 0 radical (unpaired) electrons. The monoisotopic (exact) mass is 339 g/mol. The summed E-state index contributed by atoms with van der Waals surface area (Å²) in [6, 6.07) is 5.61. The first-order chi connectivity index (χ1) is 12.2. The molecule has 0 saturated carbocycles. The SMILES string of the molecule is CNc1cnc(C[C@@H]2CCCN(C(=O)c3cccc(C)n3)CC2)cn1. The number of rotatable bonds is 4. The first-order valence-corrected chi connectivity index (χ1v) is 8.87. The normalized spacial score (nSPS) is 17.8. The van der Waals surface area contributed by atoms with Gasteiger partial charge in [0.1, 0.15) is 11.5 Å². The second-order valence-corrected chi connectivity index (χ2v) is 6.60. The van der Waals surface area contributed by atoms with Crippen LogP contribution in [0.4, 0.5) is 5.82 Å². The first kappa shape index (κ1) is 17.3. The average Bonchev–Trinajstić information content (AvgIpc) is 2.87. The largest absolute Gasteiger partial charge is 0.372 e. The van der Waals surface area contributed by atoms with Crippen molar-refractivity contribution in [2.24, 2.45) is 5.92 Å². The van der Waals surface area contributed by atoms with E-state index in [4.69, 9.17) is 0 Å². The highest BCUT2D eigenvalue weighted by molar-refractivity contribution is 5.92. The van der Waals surface area contributed by atoms with E-state index in [2.05, 4.69) is 20.3 Å². The van der Waals surface area contributed by atoms with Crippen LogP contribution in [0.1, 0.15) is 41.1 Å². The minimum Gasteiger partial charge on any atom is -0.372 e. The number of aromatic nitrogens is 3. The molecule has 1 saturated heterocycles. The van der Waals surface area contributed by atoms with Crippen LogP contribution in [0.25, 0.3) is 0 Å². The summed E-state index contributed by atoms with van der Waals surface area (Å²) in [7, 11) is 1.84. The standard InChI is InChI=1S/C19H25N5O/c1-14-5-3-7-17(23-14)19(25)24-9-4-6-15(8-10-24)11-16-12-22-18(20-2)13-21-16/h3,5,7,12-13,15H,4,6,8-11H2,1-2H3,(H,20,22)/t15-/m1/s1. The highest BCUT2D eigenvalue weighted by atomic mass is 16.2. The summed E-state index contributed by atoms with van der Waals surface area (Å²) in [5.41, 5.74) is 2.44. The van der Waals surface area contributed by atoms with Crippen molar-refractivity contribution >= 4 is 11.7 Å². The molecule has 0 aromatic carbocycles. The maximum atomic E-state index is 12.7. The topological polar surface area (TPSA) is 71.0 Å². The van der Waals surface area contributed by atoms with E-state index in [1.807, 2.05) is 37.2 Å². The number of hydrogen-bond acceptors (Lipinski definition) is 5. The van der Waals surface area contributed by atoms with Gasteiger partial charge in [0.05, 0.1) is 18.1 Å². The quantitative estimate of drug-likeness (QED) is 0.927. The Morgan fingerprint density at radius 3 is 2.84 bits per heavy atom. The van der Waals surface area contributed by atoms with Gasteiger partial charge < -0.3 is 10.2 Å². The van der Waals surface area contributed by atoms with E-state index in [1.54, 1.807) is 12.3 Å². The lowest BCUT2D eigenvalue weighted by molar-refractivity contribution is 0.0754. The van der Waals surface area contributed by atoms with Gasteiger partial charge in [-0.3, -0.25) is 9.78 Å². The van der Waals surface area contributed by atoms with Gasteiger partial charge in [0.15, 0.2) is 0 Å². The van der Waals surface area contributed by atoms with Gasteiger partial charge in [-0.25, -0.2) is 9.97 Å². The molecule has 6 heteroatoms. The Kier molecular flexibility index (Phi) is 5.58. The molecule has 3 heterocycles. The molecule has 2 aromatic heterocycles. The van der Waals surface area contributed by atoms with E-state index in [1.165, 1.54) is 0 Å². The summed E-state index contributed by atoms with van der Waals surface area (Å²) in [4.78, 5) is 27.8. The second-order valence-electron chi connectivity index (χ2n) is 6.60. The van der Waals surface area contributed by atoms with Crippen LogP contribution >= 0.6 is 0 Å². The Labute approximate surface area is 148 Å². The molecule has 0 bridgehead atoms. The van der Waals surface area contributed by atoms with E-state index >= 15 is 0 Å². The Hall–Kier alpha value is -2.50. The molecule has 2 aromatic rings. The summed E-state index contributed by atoms with van der Waals surface area (Å²) in [6.45, 7) is 3.49. The molecular formula is C19H25N5O. The van der Waals surface area contributed by atoms with Crippen LogP contribution < -0.4 is 5.32 Å². The van der Waals surface area contributed by atoms with Gasteiger partial charge in [-0.05, 0) is 50.7 Å². The van der Waals surface area contributed by atoms with Crippen LogP contribution in [0.15, 0.2) is 30.6 Å². The number of aryl methyl sites for hydroxylation is 1. The van der Waals surface area contributed by atoms with Crippen molar-refractivity contribution in [2.45, 2.75) is 32.6 Å². The minimum atomic E-state index is 0.0440. The smallest absolute Gasteiger partial charge is 0.272 e. The predicted octanol–water partition coefficient (Wildman–Crippen LogP) is 2.71. The number of nitrogens with one attached hydrogen (secondary N) is 1. The van der Waals surface area contributed by atoms with Crippen molar-refractivity contribution in [3.8, 4) is 0 Å². The Bertz CT molecular complexity index is 716. The van der Waals surface area contributed by atoms with Crippen LogP contribution in [0.5, 0.6) is 0 Å². The van der Waals surface area contributed by atoms with Gasteiger partial charge in [-0.1, -0.05) is 6.07 Å². The molecule has 0 spiro atoms. The number of likely N-dealkylation sites (tertiary alicyclic amines) is 1. The Balaban J connectivity index is 1.59. The van der Waals surface area contributed by atoms with Crippen molar-refractivity contribution in [3.63, 3.8) is 0 Å². The summed E-state index contributed by atoms with van der Waals surface area (Å²) in [5.74, 6) is 1.37. The zero-order chi connectivity index (χ0) is 17.6. The molecule has 3 rings (SSSR count). The number of hydrogen-bond donors (Lipinski definition) is 1. The van der Waals surface area contributed by atoms with Crippen LogP contribution in [0.2, 0.25) is 0 Å². The maximum Gasteiger partial charge on any atom is 0.272 e.